The van der Waals surface area contributed by atoms with Crippen molar-refractivity contribution in [3.8, 4) is 5.75 Å². The fraction of sp³-hybridized carbons (Fsp3) is 0.344. The number of nitrogens with one attached hydrogen (secondary N) is 1. The molecule has 40 heavy (non-hydrogen) atoms. The second-order valence-electron chi connectivity index (χ2n) is 10.6. The average Bonchev–Trinajstić information content (AvgIpc) is 3.40. The number of rotatable bonds is 6. The lowest BCUT2D eigenvalue weighted by molar-refractivity contribution is 0.0683. The van der Waals surface area contributed by atoms with Crippen molar-refractivity contribution >= 4 is 33.2 Å². The van der Waals surface area contributed by atoms with E-state index in [4.69, 9.17) is 9.47 Å². The number of likely N-dealkylation sites (N-methyl/N-ethyl adjacent to an activating group) is 1. The van der Waals surface area contributed by atoms with Crippen LogP contribution in [0.2, 0.25) is 0 Å². The topological polar surface area (TPSA) is 76.0 Å². The van der Waals surface area contributed by atoms with E-state index in [1.54, 1.807) is 12.1 Å². The quantitative estimate of drug-likeness (QED) is 0.291. The van der Waals surface area contributed by atoms with Gasteiger partial charge in [0.15, 0.2) is 0 Å². The van der Waals surface area contributed by atoms with E-state index < -0.39 is 5.97 Å². The summed E-state index contributed by atoms with van der Waals surface area (Å²) in [6, 6.07) is 16.6. The monoisotopic (exact) mass is 543 g/mol. The van der Waals surface area contributed by atoms with Crippen LogP contribution in [-0.4, -0.2) is 53.6 Å². The van der Waals surface area contributed by atoms with Gasteiger partial charge in [-0.1, -0.05) is 42.5 Å². The van der Waals surface area contributed by atoms with Crippen LogP contribution in [0.3, 0.4) is 0 Å². The lowest BCUT2D eigenvalue weighted by Crippen LogP contribution is -2.33. The van der Waals surface area contributed by atoms with E-state index in [-0.39, 0.29) is 11.9 Å². The minimum Gasteiger partial charge on any atom is -0.493 e. The van der Waals surface area contributed by atoms with Gasteiger partial charge in [0, 0.05) is 47.5 Å². The standard InChI is InChI=1S/C32H34FN3O4/c1-20-29-25-12-7-11-23-24(13-8-18-40-28-15-14-26(33)21-9-3-4-10-22(21)28)31(32(37)38)36(30(23)25)16-5-6-17-39-19-27(29)35(2)34-20/h3-4,7,9-12,14-15,20,34H,5-6,8,13,16-19H2,1-2H3,(H,37,38). The van der Waals surface area contributed by atoms with Gasteiger partial charge in [0.25, 0.3) is 0 Å². The molecule has 6 rings (SSSR count). The molecule has 8 heteroatoms. The number of hydrogen-bond donors (Lipinski definition) is 2. The van der Waals surface area contributed by atoms with E-state index in [9.17, 15) is 14.3 Å². The summed E-state index contributed by atoms with van der Waals surface area (Å²) < 4.78 is 28.4. The van der Waals surface area contributed by atoms with Crippen molar-refractivity contribution in [3.05, 3.63) is 82.9 Å². The Kier molecular flexibility index (Phi) is 7.21. The van der Waals surface area contributed by atoms with E-state index in [1.807, 2.05) is 47.0 Å². The van der Waals surface area contributed by atoms with Crippen LogP contribution in [0.1, 0.15) is 47.8 Å². The SMILES string of the molecule is CC1NN(C)C2=C1c1cccc3c(CCCOc4ccc(F)c5ccccc45)c(C(=O)O)n(c13)CCCCOC2. The number of para-hydroxylation sites is 1. The first-order valence-corrected chi connectivity index (χ1v) is 13.9. The fourth-order valence-electron chi connectivity index (χ4n) is 6.28. The number of aromatic carboxylic acids is 1. The molecule has 0 saturated heterocycles. The molecule has 1 unspecified atom stereocenters. The maximum Gasteiger partial charge on any atom is 0.352 e. The number of nitrogens with zero attached hydrogens (tertiary/aromatic N) is 2. The smallest absolute Gasteiger partial charge is 0.352 e. The first-order chi connectivity index (χ1) is 19.5. The molecule has 2 N–H and O–H groups in total. The number of carbonyl (C=O) groups is 1. The van der Waals surface area contributed by atoms with Crippen LogP contribution < -0.4 is 10.2 Å². The molecular formula is C32H34FN3O4. The summed E-state index contributed by atoms with van der Waals surface area (Å²) in [5.41, 5.74) is 8.90. The molecular weight excluding hydrogens is 509 g/mol. The van der Waals surface area contributed by atoms with Crippen molar-refractivity contribution in [1.82, 2.24) is 15.0 Å². The molecule has 0 saturated carbocycles. The summed E-state index contributed by atoms with van der Waals surface area (Å²) in [5.74, 6) is -0.569. The normalized spacial score (nSPS) is 17.8. The van der Waals surface area contributed by atoms with Crippen molar-refractivity contribution in [2.24, 2.45) is 0 Å². The molecule has 0 amide bonds. The van der Waals surface area contributed by atoms with Gasteiger partial charge >= 0.3 is 5.97 Å². The number of ether oxygens (including phenoxy) is 2. The zero-order chi connectivity index (χ0) is 27.8. The number of aryl methyl sites for hydroxylation is 2. The van der Waals surface area contributed by atoms with E-state index in [1.165, 1.54) is 6.07 Å². The predicted octanol–water partition coefficient (Wildman–Crippen LogP) is 6.00. The van der Waals surface area contributed by atoms with Crippen LogP contribution in [0.15, 0.2) is 60.3 Å². The second-order valence-corrected chi connectivity index (χ2v) is 10.6. The lowest BCUT2D eigenvalue weighted by Gasteiger charge is -2.17. The third kappa shape index (κ3) is 4.61. The van der Waals surface area contributed by atoms with Gasteiger partial charge in [-0.05, 0) is 50.3 Å². The Bertz CT molecular complexity index is 1630. The number of hydrazine groups is 1. The number of aromatic nitrogens is 1. The van der Waals surface area contributed by atoms with Crippen LogP contribution in [0, 0.1) is 5.82 Å². The zero-order valence-corrected chi connectivity index (χ0v) is 22.9. The van der Waals surface area contributed by atoms with Crippen molar-refractivity contribution in [2.45, 2.75) is 45.2 Å². The molecule has 0 aliphatic carbocycles. The summed E-state index contributed by atoms with van der Waals surface area (Å²) >= 11 is 0. The highest BCUT2D eigenvalue weighted by atomic mass is 19.1. The van der Waals surface area contributed by atoms with Crippen molar-refractivity contribution in [3.63, 3.8) is 0 Å². The maximum absolute atomic E-state index is 14.2. The molecule has 7 nitrogen and oxygen atoms in total. The number of hydrogen-bond acceptors (Lipinski definition) is 5. The highest BCUT2D eigenvalue weighted by Crippen LogP contribution is 2.38. The summed E-state index contributed by atoms with van der Waals surface area (Å²) in [6.07, 6.45) is 2.85. The Morgan fingerprint density at radius 2 is 1.90 bits per heavy atom. The largest absolute Gasteiger partial charge is 0.493 e. The molecule has 3 aromatic carbocycles. The van der Waals surface area contributed by atoms with Crippen molar-refractivity contribution < 1.29 is 23.8 Å². The van der Waals surface area contributed by atoms with Crippen LogP contribution in [0.25, 0.3) is 27.2 Å². The van der Waals surface area contributed by atoms with Gasteiger partial charge in [0.1, 0.15) is 17.3 Å². The van der Waals surface area contributed by atoms with Gasteiger partial charge in [-0.2, -0.15) is 0 Å². The van der Waals surface area contributed by atoms with Crippen molar-refractivity contribution in [2.75, 3.05) is 26.9 Å². The molecule has 4 aromatic rings. The number of fused-ring (bicyclic) bond motifs is 2. The number of benzene rings is 3. The third-order valence-electron chi connectivity index (χ3n) is 8.03. The minimum atomic E-state index is -0.919. The summed E-state index contributed by atoms with van der Waals surface area (Å²) in [4.78, 5) is 12.8. The van der Waals surface area contributed by atoms with Crippen LogP contribution in [0.5, 0.6) is 5.75 Å². The molecule has 1 aromatic heterocycles. The third-order valence-corrected chi connectivity index (χ3v) is 8.03. The Hall–Kier alpha value is -3.88. The molecule has 0 spiro atoms. The minimum absolute atomic E-state index is 0.0639. The highest BCUT2D eigenvalue weighted by Gasteiger charge is 2.31. The summed E-state index contributed by atoms with van der Waals surface area (Å²) in [6.45, 7) is 4.26. The van der Waals surface area contributed by atoms with Gasteiger partial charge in [0.05, 0.1) is 30.5 Å². The Labute approximate surface area is 232 Å². The fourth-order valence-corrected chi connectivity index (χ4v) is 6.28. The molecule has 2 aliphatic heterocycles. The molecule has 208 valence electrons. The Balaban J connectivity index is 1.37. The number of halogens is 1. The van der Waals surface area contributed by atoms with E-state index in [0.717, 1.165) is 51.5 Å². The number of carboxylic acids is 1. The van der Waals surface area contributed by atoms with Gasteiger partial charge in [-0.15, -0.1) is 0 Å². The average molecular weight is 544 g/mol. The molecule has 3 heterocycles. The van der Waals surface area contributed by atoms with E-state index in [0.29, 0.717) is 56.0 Å². The molecule has 2 aliphatic rings. The first kappa shape index (κ1) is 26.3. The molecule has 0 fully saturated rings. The van der Waals surface area contributed by atoms with Crippen LogP contribution in [-0.2, 0) is 17.7 Å². The Morgan fingerprint density at radius 1 is 1.10 bits per heavy atom. The lowest BCUT2D eigenvalue weighted by atomic mass is 9.95. The second kappa shape index (κ2) is 10.9. The Morgan fingerprint density at radius 3 is 2.73 bits per heavy atom. The molecule has 0 bridgehead atoms. The highest BCUT2D eigenvalue weighted by molar-refractivity contribution is 6.03. The van der Waals surface area contributed by atoms with Crippen LogP contribution in [0.4, 0.5) is 4.39 Å². The van der Waals surface area contributed by atoms with Gasteiger partial charge in [-0.3, -0.25) is 0 Å². The van der Waals surface area contributed by atoms with E-state index >= 15 is 0 Å². The molecule has 1 atom stereocenters. The maximum atomic E-state index is 14.2. The van der Waals surface area contributed by atoms with Crippen LogP contribution >= 0.6 is 0 Å². The number of carboxylic acid groups (broad SMARTS) is 1. The van der Waals surface area contributed by atoms with E-state index in [2.05, 4.69) is 18.4 Å². The zero-order valence-electron chi connectivity index (χ0n) is 22.9. The first-order valence-electron chi connectivity index (χ1n) is 13.9. The van der Waals surface area contributed by atoms with Gasteiger partial charge < -0.3 is 24.2 Å². The molecule has 0 radical (unpaired) electrons. The predicted molar refractivity (Wildman–Crippen MR) is 154 cm³/mol. The van der Waals surface area contributed by atoms with Gasteiger partial charge in [-0.25, -0.2) is 14.6 Å². The summed E-state index contributed by atoms with van der Waals surface area (Å²) in [5, 5.41) is 14.7. The van der Waals surface area contributed by atoms with Gasteiger partial charge in [0.2, 0.25) is 0 Å². The summed E-state index contributed by atoms with van der Waals surface area (Å²) in [7, 11) is 2.00. The van der Waals surface area contributed by atoms with Crippen molar-refractivity contribution in [1.29, 1.82) is 0 Å².